The van der Waals surface area contributed by atoms with E-state index in [-0.39, 0.29) is 73.4 Å². The Morgan fingerprint density at radius 1 is 0.827 bits per heavy atom. The van der Waals surface area contributed by atoms with Gasteiger partial charge >= 0.3 is 5.97 Å². The Hall–Kier alpha value is -6.17. The monoisotopic (exact) mass is 1060 g/mol. The molecular weight excluding hydrogens is 983 g/mol. The van der Waals surface area contributed by atoms with Crippen molar-refractivity contribution in [2.24, 2.45) is 17.3 Å². The molecule has 2 heterocycles. The number of rotatable bonds is 24. The first kappa shape index (κ1) is 61.4. The van der Waals surface area contributed by atoms with Gasteiger partial charge in [0.1, 0.15) is 44.4 Å². The fourth-order valence-corrected chi connectivity index (χ4v) is 8.22. The standard InChI is InChI=1S/C55H73N5O10.CH4O3S/c1-10-29-68-47-34-42(22-24-46(47)70-53(66)54(6,7)8)35-60(27-30-67-31-28-60)36-48(61)59(52(65)55(9)37-69-55)45(23-21-40-17-13-11-14-18-40)51(64)58-43(32-39(4)5)50(63)57-44(33-41-19-15-12-16-20-41)49(62)56-26-25-38(2)3;1-5(2,3)4/h1,11-20,22,24,34,38-39,43-45H,21,23,25-33,35-37H2,2-9H3,(H2-,56,57,58,62,63,64);1H3,(H,2,3,4)/t43-,44-,45-,55+;/m0./s1. The van der Waals surface area contributed by atoms with Gasteiger partial charge in [0.25, 0.3) is 11.8 Å². The lowest BCUT2D eigenvalue weighted by Crippen LogP contribution is -2.64. The van der Waals surface area contributed by atoms with E-state index >= 15 is 9.59 Å². The SMILES string of the molecule is C#CCOc1cc(C[N+]2(CC(=O)N(C(=O)[C@@]3(C)CO3)[C@@H](CCc3ccccc3)C(=O)N[C@@H](CC(C)C)C(=O)N[C@@H](Cc3ccccc3)C(=O)NCCC(C)C)CCOCC2)ccc1OC(=O)C(C)(C)C.CS(=O)(=O)[O-]. The van der Waals surface area contributed by atoms with Crippen LogP contribution in [-0.2, 0) is 67.7 Å². The summed E-state index contributed by atoms with van der Waals surface area (Å²) in [7, 11) is -3.92. The van der Waals surface area contributed by atoms with Crippen LogP contribution in [-0.4, -0.2) is 140 Å². The van der Waals surface area contributed by atoms with Crippen LogP contribution in [0.15, 0.2) is 78.9 Å². The molecule has 3 aromatic carbocycles. The second-order valence-electron chi connectivity index (χ2n) is 21.4. The van der Waals surface area contributed by atoms with Crippen molar-refractivity contribution in [1.29, 1.82) is 0 Å². The molecule has 75 heavy (non-hydrogen) atoms. The Morgan fingerprint density at radius 3 is 1.96 bits per heavy atom. The number of imide groups is 1. The van der Waals surface area contributed by atoms with Crippen molar-refractivity contribution in [3.05, 3.63) is 95.6 Å². The molecule has 3 N–H and O–H groups in total. The topological polar surface area (TPSA) is 239 Å². The number of terminal acetylenes is 1. The number of benzene rings is 3. The van der Waals surface area contributed by atoms with Gasteiger partial charge in [0, 0.05) is 24.8 Å². The van der Waals surface area contributed by atoms with Crippen LogP contribution in [0.2, 0.25) is 0 Å². The summed E-state index contributed by atoms with van der Waals surface area (Å²) >= 11 is 0. The van der Waals surface area contributed by atoms with E-state index in [0.29, 0.717) is 51.4 Å². The third-order valence-corrected chi connectivity index (χ3v) is 12.5. The molecule has 3 aromatic rings. The van der Waals surface area contributed by atoms with Gasteiger partial charge in [0.15, 0.2) is 23.6 Å². The van der Waals surface area contributed by atoms with Gasteiger partial charge in [0.05, 0.1) is 35.4 Å². The summed E-state index contributed by atoms with van der Waals surface area (Å²) in [4.78, 5) is 87.2. The van der Waals surface area contributed by atoms with E-state index in [9.17, 15) is 19.2 Å². The maximum atomic E-state index is 15.3. The van der Waals surface area contributed by atoms with Crippen molar-refractivity contribution >= 4 is 45.6 Å². The van der Waals surface area contributed by atoms with Gasteiger partial charge in [-0.3, -0.25) is 33.7 Å². The molecule has 0 radical (unpaired) electrons. The van der Waals surface area contributed by atoms with Crippen LogP contribution in [0.25, 0.3) is 0 Å². The Morgan fingerprint density at radius 2 is 1.41 bits per heavy atom. The number of nitrogens with one attached hydrogen (secondary N) is 3. The number of esters is 1. The van der Waals surface area contributed by atoms with E-state index in [4.69, 9.17) is 38.3 Å². The van der Waals surface area contributed by atoms with Crippen LogP contribution in [0, 0.1) is 29.6 Å². The average molecular weight is 1060 g/mol. The van der Waals surface area contributed by atoms with E-state index in [1.807, 2.05) is 74.5 Å². The first-order valence-corrected chi connectivity index (χ1v) is 27.3. The zero-order valence-corrected chi connectivity index (χ0v) is 45.8. The molecule has 18 nitrogen and oxygen atoms in total. The number of carbonyl (C=O) groups is 6. The second-order valence-corrected chi connectivity index (χ2v) is 22.8. The number of hydrogen-bond donors (Lipinski definition) is 3. The maximum Gasteiger partial charge on any atom is 0.316 e. The second kappa shape index (κ2) is 28.1. The number of quaternary nitrogens is 1. The van der Waals surface area contributed by atoms with Crippen molar-refractivity contribution in [3.63, 3.8) is 0 Å². The van der Waals surface area contributed by atoms with Gasteiger partial charge < -0.3 is 43.9 Å². The molecule has 410 valence electrons. The third-order valence-electron chi connectivity index (χ3n) is 12.5. The molecular formula is C56H77N5O13S. The minimum Gasteiger partial charge on any atom is -0.748 e. The normalized spacial score (nSPS) is 17.2. The van der Waals surface area contributed by atoms with Gasteiger partial charge in [0.2, 0.25) is 17.7 Å². The quantitative estimate of drug-likeness (QED) is 0.0275. The largest absolute Gasteiger partial charge is 0.748 e. The molecule has 2 aliphatic heterocycles. The van der Waals surface area contributed by atoms with Gasteiger partial charge in [-0.1, -0.05) is 94.3 Å². The minimum atomic E-state index is -3.92. The molecule has 19 heteroatoms. The Balaban J connectivity index is 0.00000232. The number of aryl methyl sites for hydroxylation is 1. The highest BCUT2D eigenvalue weighted by molar-refractivity contribution is 7.84. The Labute approximate surface area is 443 Å². The van der Waals surface area contributed by atoms with Crippen molar-refractivity contribution in [2.45, 2.75) is 118 Å². The lowest BCUT2D eigenvalue weighted by molar-refractivity contribution is -0.940. The molecule has 0 aromatic heterocycles. The lowest BCUT2D eigenvalue weighted by Gasteiger charge is -2.42. The molecule has 0 saturated carbocycles. The van der Waals surface area contributed by atoms with Crippen LogP contribution in [0.3, 0.4) is 0 Å². The molecule has 0 unspecified atom stereocenters. The van der Waals surface area contributed by atoms with Crippen molar-refractivity contribution in [3.8, 4) is 23.8 Å². The molecule has 4 atom stereocenters. The Bertz CT molecular complexity index is 2540. The number of hydrogen-bond acceptors (Lipinski definition) is 13. The average Bonchev–Trinajstić information content (AvgIpc) is 4.09. The zero-order chi connectivity index (χ0) is 55.6. The highest BCUT2D eigenvalue weighted by Gasteiger charge is 2.54. The van der Waals surface area contributed by atoms with Crippen molar-refractivity contribution in [1.82, 2.24) is 20.9 Å². The van der Waals surface area contributed by atoms with Crippen LogP contribution in [0.5, 0.6) is 11.5 Å². The van der Waals surface area contributed by atoms with Crippen LogP contribution in [0.1, 0.15) is 91.3 Å². The highest BCUT2D eigenvalue weighted by Crippen LogP contribution is 2.34. The predicted molar refractivity (Wildman–Crippen MR) is 282 cm³/mol. The molecule has 2 saturated heterocycles. The van der Waals surface area contributed by atoms with E-state index in [0.717, 1.165) is 28.0 Å². The van der Waals surface area contributed by atoms with Gasteiger partial charge in [-0.25, -0.2) is 8.42 Å². The molecule has 5 amide bonds. The Kier molecular flexibility index (Phi) is 23.0. The highest BCUT2D eigenvalue weighted by atomic mass is 32.2. The minimum absolute atomic E-state index is 0.0437. The third kappa shape index (κ3) is 20.8. The van der Waals surface area contributed by atoms with Crippen LogP contribution < -0.4 is 25.4 Å². The summed E-state index contributed by atoms with van der Waals surface area (Å²) in [5, 5.41) is 8.88. The summed E-state index contributed by atoms with van der Waals surface area (Å²) in [5.41, 5.74) is 0.341. The fraction of sp³-hybridized carbons (Fsp3) is 0.536. The van der Waals surface area contributed by atoms with Gasteiger partial charge in [-0.05, 0) is 94.5 Å². The van der Waals surface area contributed by atoms with Crippen molar-refractivity contribution < 1.29 is 65.2 Å². The van der Waals surface area contributed by atoms with Gasteiger partial charge in [-0.15, -0.1) is 6.42 Å². The van der Waals surface area contributed by atoms with Gasteiger partial charge in [-0.2, -0.15) is 0 Å². The number of ether oxygens (including phenoxy) is 4. The molecule has 5 rings (SSSR count). The summed E-state index contributed by atoms with van der Waals surface area (Å²) < 4.78 is 50.4. The molecule has 0 spiro atoms. The van der Waals surface area contributed by atoms with E-state index in [2.05, 4.69) is 35.7 Å². The number of carbonyl (C=O) groups excluding carboxylic acids is 6. The summed E-state index contributed by atoms with van der Waals surface area (Å²) in [5.74, 6) is -0.105. The summed E-state index contributed by atoms with van der Waals surface area (Å²) in [6, 6.07) is 20.6. The number of epoxide rings is 1. The molecule has 0 aliphatic carbocycles. The molecule has 2 fully saturated rings. The van der Waals surface area contributed by atoms with Crippen LogP contribution >= 0.6 is 0 Å². The van der Waals surface area contributed by atoms with Crippen molar-refractivity contribution in [2.75, 3.05) is 58.9 Å². The predicted octanol–water partition coefficient (Wildman–Crippen LogP) is 4.72. The van der Waals surface area contributed by atoms with E-state index < -0.39 is 68.9 Å². The van der Waals surface area contributed by atoms with E-state index in [1.54, 1.807) is 45.9 Å². The zero-order valence-electron chi connectivity index (χ0n) is 45.0. The fourth-order valence-electron chi connectivity index (χ4n) is 8.22. The maximum absolute atomic E-state index is 15.3. The lowest BCUT2D eigenvalue weighted by atomic mass is 9.97. The molecule has 2 aliphatic rings. The first-order chi connectivity index (χ1) is 35.2. The number of nitrogens with zero attached hydrogens (tertiary/aromatic N) is 2. The number of amides is 5. The van der Waals surface area contributed by atoms with Crippen LogP contribution in [0.4, 0.5) is 0 Å². The smallest absolute Gasteiger partial charge is 0.316 e. The first-order valence-electron chi connectivity index (χ1n) is 25.4. The van der Waals surface area contributed by atoms with E-state index in [1.165, 1.54) is 0 Å². The molecule has 0 bridgehead atoms. The number of morpholine rings is 1. The summed E-state index contributed by atoms with van der Waals surface area (Å²) in [6.45, 7) is 16.8. The summed E-state index contributed by atoms with van der Waals surface area (Å²) in [6.07, 6.45) is 7.70.